The Morgan fingerprint density at radius 3 is 2.57 bits per heavy atom. The van der Waals surface area contributed by atoms with Crippen LogP contribution in [0.2, 0.25) is 0 Å². The number of carboxylic acids is 1. The van der Waals surface area contributed by atoms with Gasteiger partial charge in [0.15, 0.2) is 0 Å². The van der Waals surface area contributed by atoms with Crippen molar-refractivity contribution in [2.75, 3.05) is 32.1 Å². The third-order valence-electron chi connectivity index (χ3n) is 3.95. The normalized spacial score (nSPS) is 16.9. The topological polar surface area (TPSA) is 43.8 Å². The number of carbonyl (C=O) groups is 1. The van der Waals surface area contributed by atoms with Crippen molar-refractivity contribution in [3.8, 4) is 0 Å². The summed E-state index contributed by atoms with van der Waals surface area (Å²) in [5, 5.41) is 8.68. The van der Waals surface area contributed by atoms with E-state index in [1.807, 2.05) is 6.07 Å². The molecule has 1 saturated heterocycles. The van der Waals surface area contributed by atoms with Gasteiger partial charge in [0.2, 0.25) is 0 Å². The third kappa shape index (κ3) is 4.32. The molecular formula is C16H21BrN2O2. The van der Waals surface area contributed by atoms with Gasteiger partial charge < -0.3 is 14.9 Å². The van der Waals surface area contributed by atoms with Gasteiger partial charge in [-0.3, -0.25) is 0 Å². The fourth-order valence-electron chi connectivity index (χ4n) is 2.65. The molecule has 21 heavy (non-hydrogen) atoms. The number of nitrogens with zero attached hydrogens (tertiary/aromatic N) is 2. The summed E-state index contributed by atoms with van der Waals surface area (Å²) in [6.45, 7) is 2.11. The molecule has 0 bridgehead atoms. The Morgan fingerprint density at radius 2 is 2.05 bits per heavy atom. The van der Waals surface area contributed by atoms with E-state index in [-0.39, 0.29) is 0 Å². The minimum atomic E-state index is -0.934. The Labute approximate surface area is 134 Å². The summed E-state index contributed by atoms with van der Waals surface area (Å²) in [7, 11) is 4.28. The first-order valence-corrected chi connectivity index (χ1v) is 7.88. The molecule has 0 aromatic heterocycles. The van der Waals surface area contributed by atoms with E-state index >= 15 is 0 Å². The minimum absolute atomic E-state index is 0.669. The van der Waals surface area contributed by atoms with E-state index in [4.69, 9.17) is 5.11 Å². The van der Waals surface area contributed by atoms with Crippen LogP contribution < -0.4 is 4.90 Å². The van der Waals surface area contributed by atoms with Crippen molar-refractivity contribution in [1.82, 2.24) is 4.90 Å². The van der Waals surface area contributed by atoms with Crippen LogP contribution in [0.4, 0.5) is 5.69 Å². The van der Waals surface area contributed by atoms with Crippen LogP contribution in [0.1, 0.15) is 18.4 Å². The van der Waals surface area contributed by atoms with Crippen LogP contribution in [0.25, 0.3) is 6.08 Å². The van der Waals surface area contributed by atoms with Crippen molar-refractivity contribution in [2.45, 2.75) is 18.9 Å². The maximum Gasteiger partial charge on any atom is 0.328 e. The predicted molar refractivity (Wildman–Crippen MR) is 89.7 cm³/mol. The highest BCUT2D eigenvalue weighted by Gasteiger charge is 2.20. The average molecular weight is 353 g/mol. The largest absolute Gasteiger partial charge is 0.478 e. The summed E-state index contributed by atoms with van der Waals surface area (Å²) in [6.07, 6.45) is 5.10. The lowest BCUT2D eigenvalue weighted by molar-refractivity contribution is -0.131. The second-order valence-corrected chi connectivity index (χ2v) is 6.41. The molecule has 1 N–H and O–H groups in total. The molecule has 0 radical (unpaired) electrons. The highest BCUT2D eigenvalue weighted by Crippen LogP contribution is 2.27. The summed E-state index contributed by atoms with van der Waals surface area (Å²) < 4.78 is 0.923. The number of hydrogen-bond donors (Lipinski definition) is 1. The average Bonchev–Trinajstić information content (AvgIpc) is 2.46. The smallest absolute Gasteiger partial charge is 0.328 e. The van der Waals surface area contributed by atoms with Crippen molar-refractivity contribution >= 4 is 33.7 Å². The Kier molecular flexibility index (Phi) is 5.42. The van der Waals surface area contributed by atoms with Gasteiger partial charge in [-0.15, -0.1) is 0 Å². The zero-order valence-corrected chi connectivity index (χ0v) is 14.0. The lowest BCUT2D eigenvalue weighted by Crippen LogP contribution is -2.41. The van der Waals surface area contributed by atoms with Gasteiger partial charge in [-0.1, -0.05) is 22.0 Å². The molecule has 0 atom stereocenters. The van der Waals surface area contributed by atoms with Gasteiger partial charge in [-0.25, -0.2) is 4.79 Å². The lowest BCUT2D eigenvalue weighted by atomic mass is 10.0. The molecule has 0 saturated carbocycles. The molecule has 5 heteroatoms. The molecule has 1 aromatic carbocycles. The lowest BCUT2D eigenvalue weighted by Gasteiger charge is -2.36. The number of anilines is 1. The highest BCUT2D eigenvalue weighted by molar-refractivity contribution is 9.10. The van der Waals surface area contributed by atoms with Gasteiger partial charge in [-0.05, 0) is 50.7 Å². The second kappa shape index (κ2) is 7.09. The van der Waals surface area contributed by atoms with Gasteiger partial charge in [-0.2, -0.15) is 0 Å². The Morgan fingerprint density at radius 1 is 1.38 bits per heavy atom. The van der Waals surface area contributed by atoms with E-state index < -0.39 is 5.97 Å². The third-order valence-corrected chi connectivity index (χ3v) is 4.64. The number of rotatable bonds is 4. The van der Waals surface area contributed by atoms with E-state index in [9.17, 15) is 4.79 Å². The van der Waals surface area contributed by atoms with Gasteiger partial charge in [0, 0.05) is 35.4 Å². The van der Waals surface area contributed by atoms with Gasteiger partial charge in [0.25, 0.3) is 0 Å². The van der Waals surface area contributed by atoms with Crippen LogP contribution in [0, 0.1) is 0 Å². The predicted octanol–water partition coefficient (Wildman–Crippen LogP) is 3.08. The number of piperidine rings is 1. The molecule has 1 aromatic rings. The van der Waals surface area contributed by atoms with Crippen molar-refractivity contribution < 1.29 is 9.90 Å². The molecule has 114 valence electrons. The summed E-state index contributed by atoms with van der Waals surface area (Å²) in [4.78, 5) is 15.3. The molecule has 0 spiro atoms. The van der Waals surface area contributed by atoms with Crippen LogP contribution in [0.5, 0.6) is 0 Å². The number of hydrogen-bond acceptors (Lipinski definition) is 3. The van der Waals surface area contributed by atoms with E-state index in [0.717, 1.165) is 29.2 Å². The molecule has 1 aliphatic rings. The van der Waals surface area contributed by atoms with E-state index in [2.05, 4.69) is 52.0 Å². The molecule has 1 heterocycles. The van der Waals surface area contributed by atoms with E-state index in [1.54, 1.807) is 6.08 Å². The van der Waals surface area contributed by atoms with Crippen LogP contribution in [-0.4, -0.2) is 49.2 Å². The van der Waals surface area contributed by atoms with Crippen LogP contribution in [0.3, 0.4) is 0 Å². The zero-order valence-electron chi connectivity index (χ0n) is 12.4. The van der Waals surface area contributed by atoms with Crippen molar-refractivity contribution in [3.63, 3.8) is 0 Å². The number of carboxylic acid groups (broad SMARTS) is 1. The fraction of sp³-hybridized carbons (Fsp3) is 0.438. The highest BCUT2D eigenvalue weighted by atomic mass is 79.9. The van der Waals surface area contributed by atoms with E-state index in [0.29, 0.717) is 6.04 Å². The summed E-state index contributed by atoms with van der Waals surface area (Å²) in [5.74, 6) is -0.934. The number of benzene rings is 1. The molecule has 0 unspecified atom stereocenters. The van der Waals surface area contributed by atoms with Gasteiger partial charge >= 0.3 is 5.97 Å². The van der Waals surface area contributed by atoms with Crippen LogP contribution in [-0.2, 0) is 4.79 Å². The standard InChI is InChI=1S/C16H21BrN2O2/c1-18(2)13-7-9-19(10-8-13)14-5-3-12(15(17)11-14)4-6-16(20)21/h3-6,11,13H,7-10H2,1-2H3,(H,20,21)/b6-4+. The first kappa shape index (κ1) is 16.0. The Hall–Kier alpha value is -1.33. The van der Waals surface area contributed by atoms with Crippen molar-refractivity contribution in [1.29, 1.82) is 0 Å². The molecule has 0 amide bonds. The summed E-state index contributed by atoms with van der Waals surface area (Å²) in [6, 6.07) is 6.75. The van der Waals surface area contributed by atoms with E-state index in [1.165, 1.54) is 18.5 Å². The molecule has 0 aliphatic carbocycles. The van der Waals surface area contributed by atoms with Crippen LogP contribution in [0.15, 0.2) is 28.7 Å². The number of aliphatic carboxylic acids is 1. The SMILES string of the molecule is CN(C)C1CCN(c2ccc(/C=C/C(=O)O)c(Br)c2)CC1. The zero-order chi connectivity index (χ0) is 15.4. The summed E-state index contributed by atoms with van der Waals surface area (Å²) in [5.41, 5.74) is 2.07. The first-order valence-electron chi connectivity index (χ1n) is 7.09. The fourth-order valence-corrected chi connectivity index (χ4v) is 3.15. The Balaban J connectivity index is 2.05. The monoisotopic (exact) mass is 352 g/mol. The Bertz CT molecular complexity index is 535. The quantitative estimate of drug-likeness (QED) is 0.845. The van der Waals surface area contributed by atoms with Gasteiger partial charge in [0.1, 0.15) is 0 Å². The molecule has 4 nitrogen and oxygen atoms in total. The minimum Gasteiger partial charge on any atom is -0.478 e. The molecular weight excluding hydrogens is 332 g/mol. The molecule has 2 rings (SSSR count). The van der Waals surface area contributed by atoms with Crippen LogP contribution >= 0.6 is 15.9 Å². The van der Waals surface area contributed by atoms with Gasteiger partial charge in [0.05, 0.1) is 0 Å². The molecule has 1 aliphatic heterocycles. The maximum atomic E-state index is 10.6. The van der Waals surface area contributed by atoms with Crippen molar-refractivity contribution in [2.24, 2.45) is 0 Å². The molecule has 1 fully saturated rings. The first-order chi connectivity index (χ1) is 9.97. The maximum absolute atomic E-state index is 10.6. The number of halogens is 1. The summed E-state index contributed by atoms with van der Waals surface area (Å²) >= 11 is 3.52. The van der Waals surface area contributed by atoms with Crippen molar-refractivity contribution in [3.05, 3.63) is 34.3 Å². The second-order valence-electron chi connectivity index (χ2n) is 5.56.